The highest BCUT2D eigenvalue weighted by Crippen LogP contribution is 2.32. The molecule has 6 nitrogen and oxygen atoms in total. The highest BCUT2D eigenvalue weighted by Gasteiger charge is 2.36. The molecular weight excluding hydrogens is 407 g/mol. The number of methoxy groups -OCH3 is 1. The molecule has 1 aliphatic heterocycles. The van der Waals surface area contributed by atoms with Gasteiger partial charge in [0.1, 0.15) is 18.1 Å². The molecule has 9 heteroatoms. The molecule has 0 atom stereocenters. The number of imide groups is 1. The first-order valence-electron chi connectivity index (χ1n) is 8.02. The van der Waals surface area contributed by atoms with Crippen LogP contribution in [0.25, 0.3) is 6.08 Å². The van der Waals surface area contributed by atoms with Crippen LogP contribution in [0.5, 0.6) is 5.75 Å². The number of amides is 3. The van der Waals surface area contributed by atoms with Gasteiger partial charge in [0, 0.05) is 11.3 Å². The van der Waals surface area contributed by atoms with Gasteiger partial charge in [0.2, 0.25) is 5.91 Å². The fourth-order valence-electron chi connectivity index (χ4n) is 2.46. The van der Waals surface area contributed by atoms with Crippen LogP contribution in [-0.4, -0.2) is 35.6 Å². The molecule has 144 valence electrons. The Hall–Kier alpha value is -2.84. The van der Waals surface area contributed by atoms with Crippen molar-refractivity contribution >= 4 is 52.2 Å². The van der Waals surface area contributed by atoms with Crippen LogP contribution in [0.1, 0.15) is 5.56 Å². The van der Waals surface area contributed by atoms with Gasteiger partial charge in [-0.25, -0.2) is 4.39 Å². The molecule has 1 saturated heterocycles. The van der Waals surface area contributed by atoms with Crippen molar-refractivity contribution in [2.24, 2.45) is 0 Å². The lowest BCUT2D eigenvalue weighted by molar-refractivity contribution is -0.127. The van der Waals surface area contributed by atoms with Crippen LogP contribution in [0.4, 0.5) is 14.9 Å². The largest absolute Gasteiger partial charge is 0.495 e. The lowest BCUT2D eigenvalue weighted by atomic mass is 10.2. The lowest BCUT2D eigenvalue weighted by Gasteiger charge is -2.13. The molecule has 1 fully saturated rings. The molecule has 0 aromatic heterocycles. The second-order valence-electron chi connectivity index (χ2n) is 5.69. The number of hydrogen-bond donors (Lipinski definition) is 1. The zero-order chi connectivity index (χ0) is 20.3. The molecular formula is C19H14ClFN2O4S. The van der Waals surface area contributed by atoms with E-state index in [4.69, 9.17) is 16.3 Å². The van der Waals surface area contributed by atoms with Gasteiger partial charge in [-0.2, -0.15) is 0 Å². The molecule has 0 bridgehead atoms. The minimum Gasteiger partial charge on any atom is -0.495 e. The van der Waals surface area contributed by atoms with Crippen LogP contribution in [0.3, 0.4) is 0 Å². The minimum atomic E-state index is -0.652. The molecule has 1 aliphatic rings. The molecule has 0 spiro atoms. The van der Waals surface area contributed by atoms with E-state index in [1.807, 2.05) is 0 Å². The third kappa shape index (κ3) is 4.35. The monoisotopic (exact) mass is 420 g/mol. The Morgan fingerprint density at radius 2 is 2.04 bits per heavy atom. The summed E-state index contributed by atoms with van der Waals surface area (Å²) in [6.07, 6.45) is 1.29. The van der Waals surface area contributed by atoms with Crippen molar-refractivity contribution in [3.8, 4) is 5.75 Å². The minimum absolute atomic E-state index is 0.0513. The number of benzene rings is 2. The van der Waals surface area contributed by atoms with E-state index < -0.39 is 29.4 Å². The number of carbonyl (C=O) groups excluding carboxylic acids is 3. The maximum absolute atomic E-state index is 13.8. The van der Waals surface area contributed by atoms with Gasteiger partial charge in [-0.3, -0.25) is 19.3 Å². The fraction of sp³-hybridized carbons (Fsp3) is 0.105. The van der Waals surface area contributed by atoms with Gasteiger partial charge in [-0.15, -0.1) is 0 Å². The van der Waals surface area contributed by atoms with Crippen molar-refractivity contribution in [3.63, 3.8) is 0 Å². The average molecular weight is 421 g/mol. The highest BCUT2D eigenvalue weighted by molar-refractivity contribution is 8.18. The van der Waals surface area contributed by atoms with Gasteiger partial charge in [0.05, 0.1) is 17.0 Å². The Morgan fingerprint density at radius 3 is 2.71 bits per heavy atom. The second-order valence-corrected chi connectivity index (χ2v) is 7.09. The summed E-state index contributed by atoms with van der Waals surface area (Å²) in [5, 5.41) is 2.27. The molecule has 2 aromatic rings. The molecule has 3 amide bonds. The summed E-state index contributed by atoms with van der Waals surface area (Å²) in [6.45, 7) is -0.469. The third-order valence-corrected chi connectivity index (χ3v) is 5.01. The van der Waals surface area contributed by atoms with Gasteiger partial charge in [-0.05, 0) is 42.1 Å². The summed E-state index contributed by atoms with van der Waals surface area (Å²) >= 11 is 6.66. The van der Waals surface area contributed by atoms with E-state index in [-0.39, 0.29) is 10.5 Å². The standard InChI is InChI=1S/C19H14ClFN2O4S/c1-27-15-7-6-12(9-13(15)20)22-17(24)10-23-18(25)16(28-19(23)26)8-11-4-2-3-5-14(11)21/h2-9H,10H2,1H3,(H,22,24). The Balaban J connectivity index is 1.69. The van der Waals surface area contributed by atoms with Crippen molar-refractivity contribution in [2.45, 2.75) is 0 Å². The van der Waals surface area contributed by atoms with Crippen molar-refractivity contribution < 1.29 is 23.5 Å². The number of nitrogens with zero attached hydrogens (tertiary/aromatic N) is 1. The molecule has 2 aromatic carbocycles. The summed E-state index contributed by atoms with van der Waals surface area (Å²) in [5.41, 5.74) is 0.579. The van der Waals surface area contributed by atoms with Gasteiger partial charge in [-0.1, -0.05) is 29.8 Å². The summed E-state index contributed by atoms with van der Waals surface area (Å²) in [7, 11) is 1.47. The van der Waals surface area contributed by atoms with Crippen LogP contribution in [-0.2, 0) is 9.59 Å². The zero-order valence-corrected chi connectivity index (χ0v) is 16.1. The average Bonchev–Trinajstić information content (AvgIpc) is 2.91. The van der Waals surface area contributed by atoms with E-state index in [2.05, 4.69) is 5.32 Å². The first kappa shape index (κ1) is 19.9. The molecule has 3 rings (SSSR count). The molecule has 1 heterocycles. The molecule has 0 saturated carbocycles. The van der Waals surface area contributed by atoms with E-state index in [1.54, 1.807) is 18.2 Å². The normalized spacial score (nSPS) is 15.2. The Bertz CT molecular complexity index is 996. The van der Waals surface area contributed by atoms with Gasteiger partial charge in [0.15, 0.2) is 0 Å². The van der Waals surface area contributed by atoms with E-state index in [0.717, 1.165) is 4.90 Å². The van der Waals surface area contributed by atoms with Crippen LogP contribution >= 0.6 is 23.4 Å². The second kappa shape index (κ2) is 8.45. The molecule has 0 radical (unpaired) electrons. The lowest BCUT2D eigenvalue weighted by Crippen LogP contribution is -2.36. The topological polar surface area (TPSA) is 75.7 Å². The van der Waals surface area contributed by atoms with E-state index in [0.29, 0.717) is 28.2 Å². The molecule has 0 unspecified atom stereocenters. The Kier molecular flexibility index (Phi) is 6.01. The number of ether oxygens (including phenoxy) is 1. The number of hydrogen-bond acceptors (Lipinski definition) is 5. The van der Waals surface area contributed by atoms with Crippen LogP contribution in [0.2, 0.25) is 5.02 Å². The third-order valence-electron chi connectivity index (χ3n) is 3.80. The van der Waals surface area contributed by atoms with E-state index in [9.17, 15) is 18.8 Å². The van der Waals surface area contributed by atoms with E-state index >= 15 is 0 Å². The molecule has 0 aliphatic carbocycles. The zero-order valence-electron chi connectivity index (χ0n) is 14.6. The number of halogens is 2. The predicted octanol–water partition coefficient (Wildman–Crippen LogP) is 4.16. The molecule has 28 heavy (non-hydrogen) atoms. The maximum atomic E-state index is 13.8. The number of anilines is 1. The van der Waals surface area contributed by atoms with Crippen LogP contribution in [0.15, 0.2) is 47.4 Å². The number of rotatable bonds is 5. The first-order valence-corrected chi connectivity index (χ1v) is 9.22. The Labute approximate surface area is 169 Å². The van der Waals surface area contributed by atoms with Gasteiger partial charge in [0.25, 0.3) is 11.1 Å². The first-order chi connectivity index (χ1) is 13.4. The number of nitrogens with one attached hydrogen (secondary N) is 1. The number of carbonyl (C=O) groups is 3. The summed E-state index contributed by atoms with van der Waals surface area (Å²) in [4.78, 5) is 37.6. The quantitative estimate of drug-likeness (QED) is 0.735. The summed E-state index contributed by atoms with van der Waals surface area (Å²) < 4.78 is 18.8. The number of thioether (sulfide) groups is 1. The van der Waals surface area contributed by atoms with Gasteiger partial charge < -0.3 is 10.1 Å². The smallest absolute Gasteiger partial charge is 0.294 e. The van der Waals surface area contributed by atoms with Gasteiger partial charge >= 0.3 is 0 Å². The van der Waals surface area contributed by atoms with Crippen molar-refractivity contribution in [2.75, 3.05) is 19.0 Å². The Morgan fingerprint density at radius 1 is 1.29 bits per heavy atom. The molecule has 1 N–H and O–H groups in total. The van der Waals surface area contributed by atoms with E-state index in [1.165, 1.54) is 37.5 Å². The fourth-order valence-corrected chi connectivity index (χ4v) is 3.54. The van der Waals surface area contributed by atoms with Crippen molar-refractivity contribution in [3.05, 3.63) is 63.8 Å². The summed E-state index contributed by atoms with van der Waals surface area (Å²) in [5.74, 6) is -1.29. The van der Waals surface area contributed by atoms with Crippen molar-refractivity contribution in [1.29, 1.82) is 0 Å². The SMILES string of the molecule is COc1ccc(NC(=O)CN2C(=O)SC(=Cc3ccccc3F)C2=O)cc1Cl. The maximum Gasteiger partial charge on any atom is 0.294 e. The summed E-state index contributed by atoms with van der Waals surface area (Å²) in [6, 6.07) is 10.5. The predicted molar refractivity (Wildman–Crippen MR) is 106 cm³/mol. The van der Waals surface area contributed by atoms with Crippen molar-refractivity contribution in [1.82, 2.24) is 4.90 Å². The highest BCUT2D eigenvalue weighted by atomic mass is 35.5. The van der Waals surface area contributed by atoms with Crippen LogP contribution in [0, 0.1) is 5.82 Å². The van der Waals surface area contributed by atoms with Crippen LogP contribution < -0.4 is 10.1 Å².